The van der Waals surface area contributed by atoms with Gasteiger partial charge >= 0.3 is 0 Å². The normalized spacial score (nSPS) is 11.8. The molecule has 0 saturated heterocycles. The van der Waals surface area contributed by atoms with Gasteiger partial charge in [0.25, 0.3) is 0 Å². The molecular formula is C24H30Cl2N2O3. The van der Waals surface area contributed by atoms with E-state index in [1.165, 1.54) is 0 Å². The van der Waals surface area contributed by atoms with Crippen LogP contribution in [0.5, 0.6) is 5.75 Å². The molecule has 2 rings (SSSR count). The third-order valence-electron chi connectivity index (χ3n) is 4.91. The second kappa shape index (κ2) is 12.0. The first-order chi connectivity index (χ1) is 14.7. The summed E-state index contributed by atoms with van der Waals surface area (Å²) >= 11 is 12.3. The summed E-state index contributed by atoms with van der Waals surface area (Å²) in [6.07, 6.45) is 0.571. The van der Waals surface area contributed by atoms with Crippen LogP contribution in [0.4, 0.5) is 0 Å². The number of benzene rings is 2. The SMILES string of the molecule is CCC(C(=O)NCC(C)C)N(Cc1cccc(OC)c1)C(=O)Cc1ccc(Cl)cc1Cl. The third-order valence-corrected chi connectivity index (χ3v) is 5.50. The van der Waals surface area contributed by atoms with Crippen molar-refractivity contribution in [3.63, 3.8) is 0 Å². The van der Waals surface area contributed by atoms with Gasteiger partial charge < -0.3 is 15.0 Å². The molecule has 0 bridgehead atoms. The van der Waals surface area contributed by atoms with Gasteiger partial charge in [-0.05, 0) is 47.7 Å². The Kier molecular flexibility index (Phi) is 9.66. The maximum atomic E-state index is 13.4. The van der Waals surface area contributed by atoms with Gasteiger partial charge in [-0.1, -0.05) is 62.2 Å². The number of hydrogen-bond donors (Lipinski definition) is 1. The van der Waals surface area contributed by atoms with Gasteiger partial charge in [0.2, 0.25) is 11.8 Å². The first-order valence-corrected chi connectivity index (χ1v) is 11.1. The van der Waals surface area contributed by atoms with Crippen LogP contribution in [-0.4, -0.2) is 36.4 Å². The van der Waals surface area contributed by atoms with Crippen molar-refractivity contribution in [1.29, 1.82) is 0 Å². The molecule has 7 heteroatoms. The molecule has 0 heterocycles. The Morgan fingerprint density at radius 3 is 2.48 bits per heavy atom. The summed E-state index contributed by atoms with van der Waals surface area (Å²) in [5.41, 5.74) is 1.55. The summed E-state index contributed by atoms with van der Waals surface area (Å²) in [4.78, 5) is 27.9. The Morgan fingerprint density at radius 1 is 1.13 bits per heavy atom. The molecule has 2 aromatic rings. The number of ether oxygens (including phenoxy) is 1. The number of rotatable bonds is 10. The van der Waals surface area contributed by atoms with Crippen LogP contribution in [0.1, 0.15) is 38.3 Å². The van der Waals surface area contributed by atoms with E-state index in [2.05, 4.69) is 5.32 Å². The standard InChI is InChI=1S/C24H30Cl2N2O3/c1-5-22(24(30)27-14-16(2)3)28(15-17-7-6-8-20(11-17)31-4)23(29)12-18-9-10-19(25)13-21(18)26/h6-11,13,16,22H,5,12,14-15H2,1-4H3,(H,27,30). The van der Waals surface area contributed by atoms with Gasteiger partial charge in [0.05, 0.1) is 13.5 Å². The largest absolute Gasteiger partial charge is 0.497 e. The number of hydrogen-bond acceptors (Lipinski definition) is 3. The van der Waals surface area contributed by atoms with Crippen molar-refractivity contribution in [2.24, 2.45) is 5.92 Å². The first kappa shape index (κ1) is 25.0. The minimum absolute atomic E-state index is 0.0773. The second-order valence-corrected chi connectivity index (χ2v) is 8.69. The number of halogens is 2. The van der Waals surface area contributed by atoms with Crippen LogP contribution >= 0.6 is 23.2 Å². The molecule has 168 valence electrons. The van der Waals surface area contributed by atoms with Crippen molar-refractivity contribution in [2.75, 3.05) is 13.7 Å². The molecule has 2 aromatic carbocycles. The van der Waals surface area contributed by atoms with Gasteiger partial charge in [-0.25, -0.2) is 0 Å². The molecule has 1 N–H and O–H groups in total. The fraction of sp³-hybridized carbons (Fsp3) is 0.417. The fourth-order valence-electron chi connectivity index (χ4n) is 3.24. The zero-order valence-electron chi connectivity index (χ0n) is 18.5. The Hall–Kier alpha value is -2.24. The van der Waals surface area contributed by atoms with Crippen LogP contribution in [0.3, 0.4) is 0 Å². The highest BCUT2D eigenvalue weighted by molar-refractivity contribution is 6.35. The summed E-state index contributed by atoms with van der Waals surface area (Å²) < 4.78 is 5.31. The molecule has 0 aliphatic carbocycles. The Bertz CT molecular complexity index is 902. The van der Waals surface area contributed by atoms with E-state index in [1.807, 2.05) is 45.0 Å². The number of methoxy groups -OCH3 is 1. The molecule has 0 aromatic heterocycles. The summed E-state index contributed by atoms with van der Waals surface area (Å²) in [6, 6.07) is 12.0. The molecule has 31 heavy (non-hydrogen) atoms. The average Bonchev–Trinajstić information content (AvgIpc) is 2.74. The van der Waals surface area contributed by atoms with E-state index in [4.69, 9.17) is 27.9 Å². The van der Waals surface area contributed by atoms with Crippen LogP contribution in [-0.2, 0) is 22.6 Å². The van der Waals surface area contributed by atoms with Crippen molar-refractivity contribution >= 4 is 35.0 Å². The van der Waals surface area contributed by atoms with Crippen LogP contribution in [0.25, 0.3) is 0 Å². The van der Waals surface area contributed by atoms with Crippen LogP contribution in [0.15, 0.2) is 42.5 Å². The van der Waals surface area contributed by atoms with Crippen molar-refractivity contribution in [3.05, 3.63) is 63.6 Å². The zero-order chi connectivity index (χ0) is 23.0. The third kappa shape index (κ3) is 7.44. The smallest absolute Gasteiger partial charge is 0.242 e. The molecule has 0 fully saturated rings. The van der Waals surface area contributed by atoms with E-state index in [1.54, 1.807) is 30.2 Å². The number of carbonyl (C=O) groups is 2. The van der Waals surface area contributed by atoms with Gasteiger partial charge in [-0.2, -0.15) is 0 Å². The quantitative estimate of drug-likeness (QED) is 0.530. The molecule has 0 radical (unpaired) electrons. The van der Waals surface area contributed by atoms with Crippen LogP contribution in [0, 0.1) is 5.92 Å². The summed E-state index contributed by atoms with van der Waals surface area (Å²) in [5.74, 6) is 0.674. The van der Waals surface area contributed by atoms with Crippen molar-refractivity contribution < 1.29 is 14.3 Å². The molecule has 0 aliphatic rings. The zero-order valence-corrected chi connectivity index (χ0v) is 20.0. The van der Waals surface area contributed by atoms with Crippen molar-refractivity contribution in [3.8, 4) is 5.75 Å². The molecule has 1 unspecified atom stereocenters. The lowest BCUT2D eigenvalue weighted by Gasteiger charge is -2.31. The Labute approximate surface area is 194 Å². The Balaban J connectivity index is 2.32. The number of nitrogens with one attached hydrogen (secondary N) is 1. The van der Waals surface area contributed by atoms with E-state index in [-0.39, 0.29) is 24.8 Å². The lowest BCUT2D eigenvalue weighted by atomic mass is 10.1. The van der Waals surface area contributed by atoms with Gasteiger partial charge in [-0.3, -0.25) is 9.59 Å². The molecule has 0 spiro atoms. The van der Waals surface area contributed by atoms with E-state index in [0.29, 0.717) is 40.2 Å². The van der Waals surface area contributed by atoms with E-state index in [9.17, 15) is 9.59 Å². The second-order valence-electron chi connectivity index (χ2n) is 7.85. The highest BCUT2D eigenvalue weighted by atomic mass is 35.5. The maximum absolute atomic E-state index is 13.4. The van der Waals surface area contributed by atoms with E-state index >= 15 is 0 Å². The van der Waals surface area contributed by atoms with Crippen molar-refractivity contribution in [2.45, 2.75) is 46.2 Å². The first-order valence-electron chi connectivity index (χ1n) is 10.4. The number of nitrogens with zero attached hydrogens (tertiary/aromatic N) is 1. The van der Waals surface area contributed by atoms with Crippen LogP contribution in [0.2, 0.25) is 10.0 Å². The number of amides is 2. The maximum Gasteiger partial charge on any atom is 0.242 e. The van der Waals surface area contributed by atoms with E-state index in [0.717, 1.165) is 5.56 Å². The minimum Gasteiger partial charge on any atom is -0.497 e. The molecule has 0 aliphatic heterocycles. The molecule has 2 amide bonds. The highest BCUT2D eigenvalue weighted by Crippen LogP contribution is 2.23. The fourth-order valence-corrected chi connectivity index (χ4v) is 3.71. The Morgan fingerprint density at radius 2 is 1.87 bits per heavy atom. The highest BCUT2D eigenvalue weighted by Gasteiger charge is 2.29. The lowest BCUT2D eigenvalue weighted by Crippen LogP contribution is -2.50. The predicted octanol–water partition coefficient (Wildman–Crippen LogP) is 5.12. The van der Waals surface area contributed by atoms with Gasteiger partial charge in [0.1, 0.15) is 11.8 Å². The van der Waals surface area contributed by atoms with Gasteiger partial charge in [0, 0.05) is 23.1 Å². The lowest BCUT2D eigenvalue weighted by molar-refractivity contribution is -0.141. The molecule has 0 saturated carbocycles. The molecule has 1 atom stereocenters. The summed E-state index contributed by atoms with van der Waals surface area (Å²) in [6.45, 7) is 6.81. The number of carbonyl (C=O) groups excluding carboxylic acids is 2. The van der Waals surface area contributed by atoms with Gasteiger partial charge in [0.15, 0.2) is 0 Å². The molecular weight excluding hydrogens is 435 g/mol. The van der Waals surface area contributed by atoms with E-state index < -0.39 is 6.04 Å². The summed E-state index contributed by atoms with van der Waals surface area (Å²) in [7, 11) is 1.60. The van der Waals surface area contributed by atoms with Crippen LogP contribution < -0.4 is 10.1 Å². The monoisotopic (exact) mass is 464 g/mol. The summed E-state index contributed by atoms with van der Waals surface area (Å²) in [5, 5.41) is 3.90. The molecule has 5 nitrogen and oxygen atoms in total. The average molecular weight is 465 g/mol. The predicted molar refractivity (Wildman–Crippen MR) is 126 cm³/mol. The minimum atomic E-state index is -0.594. The van der Waals surface area contributed by atoms with Gasteiger partial charge in [-0.15, -0.1) is 0 Å². The topological polar surface area (TPSA) is 58.6 Å². The van der Waals surface area contributed by atoms with Crippen molar-refractivity contribution in [1.82, 2.24) is 10.2 Å².